The molecule has 88 valence electrons. The monoisotopic (exact) mass is 254 g/mol. The molecule has 0 aliphatic carbocycles. The SMILES string of the molecule is CC(C(=O)C(C)[SH]1C=CC=C1)[SH]1C=CC=C1. The van der Waals surface area contributed by atoms with E-state index in [0.717, 1.165) is 0 Å². The normalized spacial score (nSPS) is 25.4. The fourth-order valence-electron chi connectivity index (χ4n) is 1.85. The van der Waals surface area contributed by atoms with Gasteiger partial charge in [0.15, 0.2) is 5.78 Å². The number of thiol groups is 2. The fourth-order valence-corrected chi connectivity index (χ4v) is 5.43. The molecule has 2 heterocycles. The minimum Gasteiger partial charge on any atom is -0.297 e. The Bertz CT molecular complexity index is 333. The maximum absolute atomic E-state index is 12.3. The van der Waals surface area contributed by atoms with Gasteiger partial charge in [-0.3, -0.25) is 4.79 Å². The number of allylic oxidation sites excluding steroid dienone is 4. The Morgan fingerprint density at radius 2 is 1.12 bits per heavy atom. The molecule has 0 aromatic heterocycles. The van der Waals surface area contributed by atoms with E-state index in [-0.39, 0.29) is 32.3 Å². The Balaban J connectivity index is 2.01. The molecule has 0 aromatic rings. The van der Waals surface area contributed by atoms with Crippen molar-refractivity contribution in [2.75, 3.05) is 0 Å². The van der Waals surface area contributed by atoms with E-state index in [1.54, 1.807) is 0 Å². The first-order valence-electron chi connectivity index (χ1n) is 5.49. The van der Waals surface area contributed by atoms with E-state index in [1.165, 1.54) is 0 Å². The summed E-state index contributed by atoms with van der Waals surface area (Å²) in [5.74, 6) is 0.421. The molecule has 0 bridgehead atoms. The standard InChI is InChI=1S/C13H18OS2/c1-11(15-7-3-4-8-15)13(14)12(2)16-9-5-6-10-16/h3-12,15-16H,1-2H3. The van der Waals surface area contributed by atoms with Crippen molar-refractivity contribution in [3.63, 3.8) is 0 Å². The minimum absolute atomic E-state index is 0.171. The molecule has 1 nitrogen and oxygen atoms in total. The molecule has 2 rings (SSSR count). The average Bonchev–Trinajstić information content (AvgIpc) is 2.97. The van der Waals surface area contributed by atoms with Crippen molar-refractivity contribution in [2.24, 2.45) is 0 Å². The van der Waals surface area contributed by atoms with E-state index < -0.39 is 0 Å². The molecule has 0 N–H and O–H groups in total. The summed E-state index contributed by atoms with van der Waals surface area (Å²) < 4.78 is 0. The molecular formula is C13H18OS2. The predicted molar refractivity (Wildman–Crippen MR) is 78.5 cm³/mol. The van der Waals surface area contributed by atoms with E-state index in [4.69, 9.17) is 0 Å². The van der Waals surface area contributed by atoms with Crippen LogP contribution in [0.4, 0.5) is 0 Å². The van der Waals surface area contributed by atoms with Crippen LogP contribution in [0, 0.1) is 0 Å². The second-order valence-electron chi connectivity index (χ2n) is 4.01. The van der Waals surface area contributed by atoms with Crippen LogP contribution in [-0.2, 0) is 4.79 Å². The highest BCUT2D eigenvalue weighted by molar-refractivity contribution is 8.24. The lowest BCUT2D eigenvalue weighted by Gasteiger charge is -2.26. The third kappa shape index (κ3) is 2.36. The molecule has 0 spiro atoms. The van der Waals surface area contributed by atoms with Gasteiger partial charge in [0.05, 0.1) is 10.5 Å². The van der Waals surface area contributed by atoms with Crippen LogP contribution in [0.1, 0.15) is 13.8 Å². The van der Waals surface area contributed by atoms with Gasteiger partial charge in [-0.15, -0.1) is 0 Å². The van der Waals surface area contributed by atoms with Crippen molar-refractivity contribution in [2.45, 2.75) is 24.3 Å². The van der Waals surface area contributed by atoms with Gasteiger partial charge in [-0.1, -0.05) is 24.3 Å². The zero-order valence-electron chi connectivity index (χ0n) is 9.58. The molecule has 0 amide bonds. The number of ketones is 1. The van der Waals surface area contributed by atoms with Crippen molar-refractivity contribution in [1.29, 1.82) is 0 Å². The lowest BCUT2D eigenvalue weighted by Crippen LogP contribution is -2.26. The van der Waals surface area contributed by atoms with Crippen molar-refractivity contribution in [1.82, 2.24) is 0 Å². The minimum atomic E-state index is -0.341. The summed E-state index contributed by atoms with van der Waals surface area (Å²) in [6, 6.07) is 0. The summed E-state index contributed by atoms with van der Waals surface area (Å²) in [5.41, 5.74) is 0. The maximum atomic E-state index is 12.3. The summed E-state index contributed by atoms with van der Waals surface area (Å²) in [6.45, 7) is 4.15. The van der Waals surface area contributed by atoms with Crippen molar-refractivity contribution in [3.05, 3.63) is 45.9 Å². The van der Waals surface area contributed by atoms with Gasteiger partial charge in [0.2, 0.25) is 0 Å². The highest BCUT2D eigenvalue weighted by Crippen LogP contribution is 2.44. The highest BCUT2D eigenvalue weighted by Gasteiger charge is 2.26. The van der Waals surface area contributed by atoms with Crippen molar-refractivity contribution < 1.29 is 4.79 Å². The first kappa shape index (κ1) is 11.8. The van der Waals surface area contributed by atoms with E-state index in [9.17, 15) is 4.79 Å². The van der Waals surface area contributed by atoms with Crippen LogP contribution in [0.2, 0.25) is 0 Å². The number of Topliss-reactive ketones (excluding diaryl/α,β-unsaturated/α-hetero) is 1. The van der Waals surface area contributed by atoms with E-state index >= 15 is 0 Å². The fraction of sp³-hybridized carbons (Fsp3) is 0.308. The Morgan fingerprint density at radius 1 is 0.812 bits per heavy atom. The summed E-state index contributed by atoms with van der Waals surface area (Å²) in [7, 11) is -0.682. The van der Waals surface area contributed by atoms with Crippen molar-refractivity contribution in [3.8, 4) is 0 Å². The van der Waals surface area contributed by atoms with Crippen LogP contribution in [0.25, 0.3) is 0 Å². The summed E-state index contributed by atoms with van der Waals surface area (Å²) in [5, 5.41) is 9.06. The van der Waals surface area contributed by atoms with E-state index in [1.807, 2.05) is 0 Å². The maximum Gasteiger partial charge on any atom is 0.155 e. The number of rotatable bonds is 4. The molecule has 2 unspecified atom stereocenters. The molecule has 0 saturated carbocycles. The Kier molecular flexibility index (Phi) is 3.77. The van der Waals surface area contributed by atoms with Crippen LogP contribution < -0.4 is 0 Å². The van der Waals surface area contributed by atoms with Crippen LogP contribution in [0.15, 0.2) is 45.9 Å². The molecule has 0 radical (unpaired) electrons. The second kappa shape index (κ2) is 5.11. The molecular weight excluding hydrogens is 236 g/mol. The molecule has 3 heteroatoms. The molecule has 0 saturated heterocycles. The van der Waals surface area contributed by atoms with Crippen LogP contribution in [0.5, 0.6) is 0 Å². The Hall–Kier alpha value is -0.670. The summed E-state index contributed by atoms with van der Waals surface area (Å²) in [4.78, 5) is 12.3. The number of carbonyl (C=O) groups is 1. The topological polar surface area (TPSA) is 17.1 Å². The van der Waals surface area contributed by atoms with E-state index in [2.05, 4.69) is 59.8 Å². The molecule has 2 aliphatic heterocycles. The largest absolute Gasteiger partial charge is 0.297 e. The first-order chi connectivity index (χ1) is 7.70. The molecule has 16 heavy (non-hydrogen) atoms. The van der Waals surface area contributed by atoms with Gasteiger partial charge in [-0.25, -0.2) is 21.8 Å². The predicted octanol–water partition coefficient (Wildman–Crippen LogP) is 3.42. The molecule has 0 aromatic carbocycles. The van der Waals surface area contributed by atoms with E-state index in [0.29, 0.717) is 5.78 Å². The van der Waals surface area contributed by atoms with Gasteiger partial charge >= 0.3 is 0 Å². The van der Waals surface area contributed by atoms with Gasteiger partial charge in [-0.05, 0) is 35.5 Å². The number of carbonyl (C=O) groups excluding carboxylic acids is 1. The molecule has 2 atom stereocenters. The first-order valence-corrected chi connectivity index (χ1v) is 8.58. The summed E-state index contributed by atoms with van der Waals surface area (Å²) in [6.07, 6.45) is 8.23. The summed E-state index contributed by atoms with van der Waals surface area (Å²) >= 11 is 0. The van der Waals surface area contributed by atoms with Gasteiger partial charge in [0.25, 0.3) is 0 Å². The highest BCUT2D eigenvalue weighted by atomic mass is 32.2. The second-order valence-corrected chi connectivity index (χ2v) is 8.55. The number of hydrogen-bond acceptors (Lipinski definition) is 1. The van der Waals surface area contributed by atoms with Crippen LogP contribution in [-0.4, -0.2) is 16.3 Å². The van der Waals surface area contributed by atoms with Crippen LogP contribution >= 0.6 is 21.8 Å². The van der Waals surface area contributed by atoms with Crippen molar-refractivity contribution >= 4 is 27.6 Å². The quantitative estimate of drug-likeness (QED) is 0.735. The van der Waals surface area contributed by atoms with Gasteiger partial charge in [0.1, 0.15) is 0 Å². The Labute approximate surface area is 103 Å². The zero-order valence-corrected chi connectivity index (χ0v) is 11.4. The average molecular weight is 254 g/mol. The third-order valence-electron chi connectivity index (χ3n) is 2.97. The lowest BCUT2D eigenvalue weighted by molar-refractivity contribution is -0.117. The van der Waals surface area contributed by atoms with Crippen LogP contribution in [0.3, 0.4) is 0 Å². The molecule has 0 fully saturated rings. The zero-order chi connectivity index (χ0) is 11.5. The Morgan fingerprint density at radius 3 is 1.44 bits per heavy atom. The third-order valence-corrected chi connectivity index (χ3v) is 7.34. The smallest absolute Gasteiger partial charge is 0.155 e. The lowest BCUT2D eigenvalue weighted by atomic mass is 10.2. The van der Waals surface area contributed by atoms with Gasteiger partial charge < -0.3 is 0 Å². The molecule has 2 aliphatic rings. The van der Waals surface area contributed by atoms with Gasteiger partial charge in [0, 0.05) is 0 Å². The van der Waals surface area contributed by atoms with Gasteiger partial charge in [-0.2, -0.15) is 0 Å². The number of hydrogen-bond donors (Lipinski definition) is 2.